The number of hydrogen-bond acceptors (Lipinski definition) is 5. The lowest BCUT2D eigenvalue weighted by Crippen LogP contribution is -2.36. The molecule has 0 saturated heterocycles. The Balaban J connectivity index is 2.21. The van der Waals surface area contributed by atoms with Crippen molar-refractivity contribution in [2.24, 2.45) is 0 Å². The highest BCUT2D eigenvalue weighted by atomic mass is 32.2. The normalized spacial score (nSPS) is 12.8. The summed E-state index contributed by atoms with van der Waals surface area (Å²) in [5.74, 6) is 1.21. The summed E-state index contributed by atoms with van der Waals surface area (Å²) < 4.78 is 0.834. The van der Waals surface area contributed by atoms with Crippen molar-refractivity contribution in [1.82, 2.24) is 4.98 Å². The van der Waals surface area contributed by atoms with Gasteiger partial charge in [0.25, 0.3) is 0 Å². The van der Waals surface area contributed by atoms with E-state index in [-0.39, 0.29) is 6.61 Å². The molecule has 2 aromatic rings. The molecule has 0 spiro atoms. The average molecular weight is 280 g/mol. The van der Waals surface area contributed by atoms with E-state index in [4.69, 9.17) is 5.11 Å². The summed E-state index contributed by atoms with van der Waals surface area (Å²) in [5, 5.41) is 30.9. The molecule has 0 fully saturated rings. The Morgan fingerprint density at radius 3 is 2.89 bits per heavy atom. The number of thioether (sulfide) groups is 1. The Bertz CT molecular complexity index is 577. The molecular formula is C13H16N2O3S. The number of fused-ring (bicyclic) bond motifs is 1. The van der Waals surface area contributed by atoms with Gasteiger partial charge in [0.15, 0.2) is 5.52 Å². The van der Waals surface area contributed by atoms with Gasteiger partial charge < -0.3 is 15.4 Å². The van der Waals surface area contributed by atoms with E-state index in [9.17, 15) is 10.3 Å². The molecule has 0 amide bonds. The summed E-state index contributed by atoms with van der Waals surface area (Å²) in [5.41, 5.74) is 1.43. The maximum atomic E-state index is 12.1. The molecule has 0 radical (unpaired) electrons. The maximum absolute atomic E-state index is 12.1. The number of aliphatic hydroxyl groups excluding tert-OH is 2. The monoisotopic (exact) mass is 280 g/mol. The van der Waals surface area contributed by atoms with Gasteiger partial charge in [0, 0.05) is 5.75 Å². The fraction of sp³-hybridized carbons (Fsp3) is 0.385. The van der Waals surface area contributed by atoms with Crippen molar-refractivity contribution in [3.63, 3.8) is 0 Å². The first-order valence-corrected chi connectivity index (χ1v) is 7.13. The van der Waals surface area contributed by atoms with Gasteiger partial charge in [-0.25, -0.2) is 4.73 Å². The third kappa shape index (κ3) is 3.15. The van der Waals surface area contributed by atoms with Gasteiger partial charge in [-0.3, -0.25) is 0 Å². The van der Waals surface area contributed by atoms with Crippen molar-refractivity contribution in [2.45, 2.75) is 18.8 Å². The van der Waals surface area contributed by atoms with E-state index in [0.717, 1.165) is 15.6 Å². The van der Waals surface area contributed by atoms with E-state index in [0.29, 0.717) is 23.0 Å². The third-order valence-corrected chi connectivity index (χ3v) is 3.92. The van der Waals surface area contributed by atoms with Crippen LogP contribution in [0.4, 0.5) is 0 Å². The Hall–Kier alpha value is -1.37. The minimum atomic E-state index is -0.758. The van der Waals surface area contributed by atoms with Crippen molar-refractivity contribution in [3.8, 4) is 0 Å². The number of rotatable bonds is 5. The molecular weight excluding hydrogens is 264 g/mol. The number of aliphatic hydroxyl groups is 2. The van der Waals surface area contributed by atoms with Crippen molar-refractivity contribution in [1.29, 1.82) is 0 Å². The zero-order chi connectivity index (χ0) is 13.8. The number of aromatic nitrogens is 2. The third-order valence-electron chi connectivity index (χ3n) is 2.83. The standard InChI is InChI=1S/C13H16N2O3S/c1-9-11-4-2-3-5-12(11)14-13(15(9)18)8-19-7-10(17)6-16/h2-5,10,16-17H,6-8H2,1H3. The lowest BCUT2D eigenvalue weighted by molar-refractivity contribution is -0.621. The molecule has 5 nitrogen and oxygen atoms in total. The molecule has 1 unspecified atom stereocenters. The molecule has 19 heavy (non-hydrogen) atoms. The van der Waals surface area contributed by atoms with Crippen LogP contribution in [0.2, 0.25) is 0 Å². The van der Waals surface area contributed by atoms with Crippen molar-refractivity contribution in [2.75, 3.05) is 12.4 Å². The maximum Gasteiger partial charge on any atom is 0.312 e. The molecule has 6 heteroatoms. The molecule has 0 aliphatic heterocycles. The second-order valence-electron chi connectivity index (χ2n) is 4.28. The van der Waals surface area contributed by atoms with Gasteiger partial charge in [-0.1, -0.05) is 12.1 Å². The first kappa shape index (κ1) is 14.0. The second-order valence-corrected chi connectivity index (χ2v) is 5.31. The summed E-state index contributed by atoms with van der Waals surface area (Å²) in [6.45, 7) is 1.50. The van der Waals surface area contributed by atoms with E-state index in [1.54, 1.807) is 6.92 Å². The van der Waals surface area contributed by atoms with Crippen LogP contribution in [0.1, 0.15) is 11.5 Å². The van der Waals surface area contributed by atoms with Gasteiger partial charge in [0.2, 0.25) is 0 Å². The molecule has 2 N–H and O–H groups in total. The van der Waals surface area contributed by atoms with Gasteiger partial charge in [0.05, 0.1) is 23.8 Å². The van der Waals surface area contributed by atoms with E-state index in [1.807, 2.05) is 24.3 Å². The molecule has 0 saturated carbocycles. The summed E-state index contributed by atoms with van der Waals surface area (Å²) in [6, 6.07) is 7.51. The largest absolute Gasteiger partial charge is 0.711 e. The van der Waals surface area contributed by atoms with E-state index >= 15 is 0 Å². The molecule has 1 aromatic carbocycles. The van der Waals surface area contributed by atoms with Gasteiger partial charge in [-0.15, -0.1) is 11.8 Å². The SMILES string of the molecule is Cc1c2ccccc2nc(CSCC(O)CO)[n+]1[O-]. The first-order chi connectivity index (χ1) is 9.13. The van der Waals surface area contributed by atoms with Crippen LogP contribution in [0.15, 0.2) is 24.3 Å². The van der Waals surface area contributed by atoms with Crippen molar-refractivity contribution >= 4 is 22.7 Å². The van der Waals surface area contributed by atoms with Crippen LogP contribution >= 0.6 is 11.8 Å². The number of para-hydroxylation sites is 1. The van der Waals surface area contributed by atoms with Gasteiger partial charge in [-0.2, -0.15) is 0 Å². The van der Waals surface area contributed by atoms with Crippen LogP contribution in [0.25, 0.3) is 10.9 Å². The minimum absolute atomic E-state index is 0.269. The zero-order valence-corrected chi connectivity index (χ0v) is 11.4. The number of hydrogen-bond donors (Lipinski definition) is 2. The molecule has 0 bridgehead atoms. The van der Waals surface area contributed by atoms with Gasteiger partial charge >= 0.3 is 5.82 Å². The molecule has 102 valence electrons. The highest BCUT2D eigenvalue weighted by Crippen LogP contribution is 2.16. The van der Waals surface area contributed by atoms with Crippen LogP contribution in [0, 0.1) is 12.1 Å². The topological polar surface area (TPSA) is 80.3 Å². The minimum Gasteiger partial charge on any atom is -0.711 e. The van der Waals surface area contributed by atoms with Crippen molar-refractivity contribution < 1.29 is 14.9 Å². The van der Waals surface area contributed by atoms with E-state index < -0.39 is 6.10 Å². The second kappa shape index (κ2) is 6.18. The first-order valence-electron chi connectivity index (χ1n) is 5.98. The van der Waals surface area contributed by atoms with Gasteiger partial charge in [-0.05, 0) is 24.0 Å². The fourth-order valence-electron chi connectivity index (χ4n) is 1.79. The summed E-state index contributed by atoms with van der Waals surface area (Å²) >= 11 is 1.38. The highest BCUT2D eigenvalue weighted by Gasteiger charge is 2.15. The smallest absolute Gasteiger partial charge is 0.312 e. The average Bonchev–Trinajstić information content (AvgIpc) is 2.44. The Kier molecular flexibility index (Phi) is 4.57. The predicted molar refractivity (Wildman–Crippen MR) is 74.7 cm³/mol. The number of benzene rings is 1. The van der Waals surface area contributed by atoms with E-state index in [2.05, 4.69) is 4.98 Å². The van der Waals surface area contributed by atoms with Crippen LogP contribution < -0.4 is 4.73 Å². The molecule has 1 heterocycles. The highest BCUT2D eigenvalue weighted by molar-refractivity contribution is 7.98. The van der Waals surface area contributed by atoms with Crippen LogP contribution in [-0.2, 0) is 5.75 Å². The van der Waals surface area contributed by atoms with Gasteiger partial charge in [0.1, 0.15) is 5.69 Å². The Labute approximate surface area is 115 Å². The quantitative estimate of drug-likeness (QED) is 0.624. The molecule has 0 aliphatic carbocycles. The Morgan fingerprint density at radius 1 is 1.42 bits per heavy atom. The van der Waals surface area contributed by atoms with Crippen LogP contribution in [0.5, 0.6) is 0 Å². The van der Waals surface area contributed by atoms with Crippen molar-refractivity contribution in [3.05, 3.63) is 41.0 Å². The molecule has 0 aliphatic rings. The molecule has 2 rings (SSSR count). The molecule has 1 atom stereocenters. The Morgan fingerprint density at radius 2 is 2.16 bits per heavy atom. The van der Waals surface area contributed by atoms with Crippen LogP contribution in [-0.4, -0.2) is 33.7 Å². The van der Waals surface area contributed by atoms with E-state index in [1.165, 1.54) is 11.8 Å². The number of nitrogens with zero attached hydrogens (tertiary/aromatic N) is 2. The predicted octanol–water partition coefficient (Wildman–Crippen LogP) is 0.763. The van der Waals surface area contributed by atoms with Crippen LogP contribution in [0.3, 0.4) is 0 Å². The summed E-state index contributed by atoms with van der Waals surface area (Å²) in [7, 11) is 0. The molecule has 1 aromatic heterocycles. The zero-order valence-electron chi connectivity index (χ0n) is 10.6. The summed E-state index contributed by atoms with van der Waals surface area (Å²) in [4.78, 5) is 4.34. The fourth-order valence-corrected chi connectivity index (χ4v) is 2.65. The number of aryl methyl sites for hydroxylation is 1. The lowest BCUT2D eigenvalue weighted by Gasteiger charge is -2.11. The summed E-state index contributed by atoms with van der Waals surface area (Å²) in [6.07, 6.45) is -0.758. The lowest BCUT2D eigenvalue weighted by atomic mass is 10.2.